The van der Waals surface area contributed by atoms with Crippen molar-refractivity contribution in [2.24, 2.45) is 5.92 Å². The number of nitrogens with one attached hydrogen (secondary N) is 1. The molecule has 22 heavy (non-hydrogen) atoms. The number of hydrogen-bond donors (Lipinski definition) is 1. The summed E-state index contributed by atoms with van der Waals surface area (Å²) < 4.78 is 0.984. The van der Waals surface area contributed by atoms with Crippen molar-refractivity contribution < 1.29 is 14.7 Å². The number of carboxylic acids is 1. The van der Waals surface area contributed by atoms with Gasteiger partial charge in [0.25, 0.3) is 5.56 Å². The molecular formula is C14H15N4O4-. The Morgan fingerprint density at radius 3 is 2.64 bits per heavy atom. The van der Waals surface area contributed by atoms with Crippen molar-refractivity contribution in [3.05, 3.63) is 34.6 Å². The molecule has 0 saturated carbocycles. The van der Waals surface area contributed by atoms with Crippen LogP contribution in [-0.4, -0.2) is 33.4 Å². The van der Waals surface area contributed by atoms with Gasteiger partial charge in [0, 0.05) is 0 Å². The smallest absolute Gasteiger partial charge is 0.278 e. The van der Waals surface area contributed by atoms with Crippen LogP contribution in [0.25, 0.3) is 10.9 Å². The first-order valence-corrected chi connectivity index (χ1v) is 6.73. The maximum absolute atomic E-state index is 12.5. The topological polar surface area (TPSA) is 117 Å². The molecule has 0 bridgehead atoms. The third-order valence-electron chi connectivity index (χ3n) is 3.16. The van der Waals surface area contributed by atoms with E-state index in [2.05, 4.69) is 15.6 Å². The van der Waals surface area contributed by atoms with E-state index in [0.29, 0.717) is 10.9 Å². The third-order valence-corrected chi connectivity index (χ3v) is 3.16. The van der Waals surface area contributed by atoms with Crippen LogP contribution in [0.4, 0.5) is 0 Å². The Kier molecular flexibility index (Phi) is 4.50. The number of amides is 1. The van der Waals surface area contributed by atoms with Crippen LogP contribution >= 0.6 is 0 Å². The van der Waals surface area contributed by atoms with Crippen LogP contribution in [0.15, 0.2) is 29.1 Å². The number of carboxylic acid groups (broad SMARTS) is 1. The van der Waals surface area contributed by atoms with E-state index < -0.39 is 30.0 Å². The molecule has 2 rings (SSSR count). The molecule has 0 radical (unpaired) electrons. The summed E-state index contributed by atoms with van der Waals surface area (Å²) in [6.45, 7) is 2.83. The van der Waals surface area contributed by atoms with Gasteiger partial charge >= 0.3 is 0 Å². The van der Waals surface area contributed by atoms with Gasteiger partial charge in [-0.1, -0.05) is 31.2 Å². The molecule has 0 fully saturated rings. The van der Waals surface area contributed by atoms with Crippen LogP contribution < -0.4 is 16.0 Å². The SMILES string of the molecule is CC(C)[C@@H](C(=O)NCC(=O)[O-])n1nnc2ccccc2c1=O. The van der Waals surface area contributed by atoms with Gasteiger partial charge in [-0.3, -0.25) is 9.59 Å². The predicted molar refractivity (Wildman–Crippen MR) is 75.7 cm³/mol. The molecule has 8 heteroatoms. The second-order valence-corrected chi connectivity index (χ2v) is 5.13. The number of aromatic nitrogens is 3. The largest absolute Gasteiger partial charge is 0.548 e. The van der Waals surface area contributed by atoms with Gasteiger partial charge in [0.05, 0.1) is 17.9 Å². The minimum Gasteiger partial charge on any atom is -0.548 e. The molecule has 1 amide bonds. The Morgan fingerprint density at radius 2 is 2.00 bits per heavy atom. The predicted octanol–water partition coefficient (Wildman–Crippen LogP) is -1.15. The van der Waals surface area contributed by atoms with Gasteiger partial charge in [0.15, 0.2) is 0 Å². The van der Waals surface area contributed by atoms with Crippen molar-refractivity contribution in [2.45, 2.75) is 19.9 Å². The Labute approximate surface area is 125 Å². The summed E-state index contributed by atoms with van der Waals surface area (Å²) in [6, 6.07) is 5.71. The lowest BCUT2D eigenvalue weighted by Gasteiger charge is -2.21. The zero-order valence-corrected chi connectivity index (χ0v) is 12.1. The van der Waals surface area contributed by atoms with E-state index in [1.807, 2.05) is 0 Å². The van der Waals surface area contributed by atoms with Gasteiger partial charge < -0.3 is 15.2 Å². The summed E-state index contributed by atoms with van der Waals surface area (Å²) in [5.74, 6) is -2.31. The van der Waals surface area contributed by atoms with Gasteiger partial charge in [-0.2, -0.15) is 4.68 Å². The molecule has 1 heterocycles. The number of hydrogen-bond acceptors (Lipinski definition) is 6. The number of rotatable bonds is 5. The average Bonchev–Trinajstić information content (AvgIpc) is 2.47. The van der Waals surface area contributed by atoms with E-state index in [0.717, 1.165) is 4.68 Å². The Hall–Kier alpha value is -2.77. The summed E-state index contributed by atoms with van der Waals surface area (Å²) in [5, 5.41) is 20.7. The molecule has 116 valence electrons. The first-order chi connectivity index (χ1) is 10.4. The maximum atomic E-state index is 12.5. The van der Waals surface area contributed by atoms with Crippen molar-refractivity contribution in [1.82, 2.24) is 20.3 Å². The van der Waals surface area contributed by atoms with E-state index in [-0.39, 0.29) is 5.92 Å². The molecule has 1 aromatic heterocycles. The fourth-order valence-electron chi connectivity index (χ4n) is 2.14. The first-order valence-electron chi connectivity index (χ1n) is 6.73. The fraction of sp³-hybridized carbons (Fsp3) is 0.357. The molecule has 1 N–H and O–H groups in total. The lowest BCUT2D eigenvalue weighted by atomic mass is 10.0. The van der Waals surface area contributed by atoms with Gasteiger partial charge in [-0.25, -0.2) is 0 Å². The maximum Gasteiger partial charge on any atom is 0.278 e. The number of carbonyl (C=O) groups is 2. The highest BCUT2D eigenvalue weighted by molar-refractivity contribution is 5.84. The van der Waals surface area contributed by atoms with E-state index in [4.69, 9.17) is 0 Å². The van der Waals surface area contributed by atoms with Crippen molar-refractivity contribution in [3.63, 3.8) is 0 Å². The molecule has 0 aliphatic rings. The first kappa shape index (κ1) is 15.6. The second-order valence-electron chi connectivity index (χ2n) is 5.13. The van der Waals surface area contributed by atoms with E-state index in [9.17, 15) is 19.5 Å². The lowest BCUT2D eigenvalue weighted by Crippen LogP contribution is -2.45. The number of nitrogens with zero attached hydrogens (tertiary/aromatic N) is 3. The van der Waals surface area contributed by atoms with Gasteiger partial charge in [0.2, 0.25) is 5.91 Å². The molecule has 2 aromatic rings. The van der Waals surface area contributed by atoms with Crippen molar-refractivity contribution >= 4 is 22.8 Å². The summed E-state index contributed by atoms with van der Waals surface area (Å²) >= 11 is 0. The van der Waals surface area contributed by atoms with Crippen molar-refractivity contribution in [1.29, 1.82) is 0 Å². The third kappa shape index (κ3) is 3.11. The highest BCUT2D eigenvalue weighted by Crippen LogP contribution is 2.15. The molecule has 0 spiro atoms. The van der Waals surface area contributed by atoms with Gasteiger partial charge in [0.1, 0.15) is 11.6 Å². The average molecular weight is 303 g/mol. The van der Waals surface area contributed by atoms with Gasteiger partial charge in [-0.05, 0) is 18.1 Å². The Bertz CT molecular complexity index is 769. The molecular weight excluding hydrogens is 288 g/mol. The summed E-state index contributed by atoms with van der Waals surface area (Å²) in [4.78, 5) is 35.1. The second kappa shape index (κ2) is 6.33. The van der Waals surface area contributed by atoms with Crippen LogP contribution in [0.2, 0.25) is 0 Å². The van der Waals surface area contributed by atoms with Crippen LogP contribution in [0, 0.1) is 5.92 Å². The minimum absolute atomic E-state index is 0.282. The van der Waals surface area contributed by atoms with E-state index >= 15 is 0 Å². The minimum atomic E-state index is -1.41. The monoisotopic (exact) mass is 303 g/mol. The van der Waals surface area contributed by atoms with Crippen LogP contribution in [-0.2, 0) is 9.59 Å². The quantitative estimate of drug-likeness (QED) is 0.745. The lowest BCUT2D eigenvalue weighted by molar-refractivity contribution is -0.304. The number of benzene rings is 1. The molecule has 0 unspecified atom stereocenters. The Balaban J connectivity index is 2.45. The number of carbonyl (C=O) groups excluding carboxylic acids is 2. The molecule has 0 aliphatic heterocycles. The van der Waals surface area contributed by atoms with E-state index in [1.165, 1.54) is 0 Å². The standard InChI is InChI=1S/C14H16N4O4/c1-8(2)12(13(21)15-7-11(19)20)18-14(22)9-5-3-4-6-10(9)16-17-18/h3-6,8,12H,7H2,1-2H3,(H,15,21)(H,19,20)/p-1/t12-/m0/s1. The number of aliphatic carboxylic acids is 1. The molecule has 8 nitrogen and oxygen atoms in total. The molecule has 0 saturated heterocycles. The van der Waals surface area contributed by atoms with Crippen LogP contribution in [0.3, 0.4) is 0 Å². The molecule has 1 aromatic carbocycles. The highest BCUT2D eigenvalue weighted by Gasteiger charge is 2.27. The summed E-state index contributed by atoms with van der Waals surface area (Å²) in [5.41, 5.74) is -0.0192. The number of fused-ring (bicyclic) bond motifs is 1. The van der Waals surface area contributed by atoms with E-state index in [1.54, 1.807) is 38.1 Å². The zero-order chi connectivity index (χ0) is 16.3. The van der Waals surface area contributed by atoms with Crippen LogP contribution in [0.5, 0.6) is 0 Å². The Morgan fingerprint density at radius 1 is 1.32 bits per heavy atom. The highest BCUT2D eigenvalue weighted by atomic mass is 16.4. The summed E-state index contributed by atoms with van der Waals surface area (Å²) in [7, 11) is 0. The van der Waals surface area contributed by atoms with Crippen molar-refractivity contribution in [3.8, 4) is 0 Å². The zero-order valence-electron chi connectivity index (χ0n) is 12.1. The van der Waals surface area contributed by atoms with Gasteiger partial charge in [-0.15, -0.1) is 5.10 Å². The fourth-order valence-corrected chi connectivity index (χ4v) is 2.14. The molecule has 0 aliphatic carbocycles. The van der Waals surface area contributed by atoms with Crippen LogP contribution in [0.1, 0.15) is 19.9 Å². The summed E-state index contributed by atoms with van der Waals surface area (Å²) in [6.07, 6.45) is 0. The molecule has 1 atom stereocenters. The normalized spacial score (nSPS) is 12.3. The van der Waals surface area contributed by atoms with Crippen molar-refractivity contribution in [2.75, 3.05) is 6.54 Å².